The molecule has 0 saturated carbocycles. The summed E-state index contributed by atoms with van der Waals surface area (Å²) in [5.74, 6) is 0. The predicted octanol–water partition coefficient (Wildman–Crippen LogP) is 1.96. The number of hydrogen-bond donors (Lipinski definition) is 1. The molecule has 4 nitrogen and oxygen atoms in total. The summed E-state index contributed by atoms with van der Waals surface area (Å²) < 4.78 is 1.96. The molecular formula is C13H11N3OS. The Balaban J connectivity index is 1.85. The highest BCUT2D eigenvalue weighted by Gasteiger charge is 2.32. The minimum absolute atomic E-state index is 0.0724. The van der Waals surface area contributed by atoms with Crippen molar-refractivity contribution < 1.29 is 5.11 Å². The Labute approximate surface area is 109 Å². The van der Waals surface area contributed by atoms with Crippen molar-refractivity contribution in [3.63, 3.8) is 0 Å². The number of aliphatic hydroxyl groups is 1. The van der Waals surface area contributed by atoms with Crippen LogP contribution in [0.1, 0.15) is 17.2 Å². The van der Waals surface area contributed by atoms with Gasteiger partial charge in [-0.25, -0.2) is 4.98 Å². The van der Waals surface area contributed by atoms with E-state index in [2.05, 4.69) is 11.1 Å². The van der Waals surface area contributed by atoms with Gasteiger partial charge in [0.25, 0.3) is 0 Å². The van der Waals surface area contributed by atoms with E-state index in [4.69, 9.17) is 5.26 Å². The zero-order chi connectivity index (χ0) is 12.5. The Hall–Kier alpha value is -1.77. The number of fused-ring (bicyclic) bond motifs is 1. The standard InChI is InChI=1S/C13H11N3OS/c14-6-9-1-2-10-11(5-9)18-12(13(10)17)7-16-4-3-15-8-16/h1-5,8,12-13,17H,7H2. The van der Waals surface area contributed by atoms with Crippen LogP contribution in [0.4, 0.5) is 0 Å². The van der Waals surface area contributed by atoms with E-state index in [1.54, 1.807) is 30.4 Å². The fraction of sp³-hybridized carbons (Fsp3) is 0.231. The molecule has 0 saturated heterocycles. The van der Waals surface area contributed by atoms with Crippen LogP contribution in [0.15, 0.2) is 41.8 Å². The molecule has 1 aliphatic rings. The van der Waals surface area contributed by atoms with E-state index < -0.39 is 6.10 Å². The molecule has 90 valence electrons. The zero-order valence-electron chi connectivity index (χ0n) is 9.52. The second kappa shape index (κ2) is 4.48. The Morgan fingerprint density at radius 1 is 1.50 bits per heavy atom. The number of rotatable bonds is 2. The van der Waals surface area contributed by atoms with Gasteiger partial charge in [-0.15, -0.1) is 11.8 Å². The molecule has 2 heterocycles. The normalized spacial score (nSPS) is 21.6. The number of benzene rings is 1. The van der Waals surface area contributed by atoms with Crippen LogP contribution in [-0.4, -0.2) is 19.9 Å². The molecule has 0 aliphatic carbocycles. The second-order valence-electron chi connectivity index (χ2n) is 4.23. The van der Waals surface area contributed by atoms with E-state index in [1.807, 2.05) is 22.9 Å². The van der Waals surface area contributed by atoms with Crippen molar-refractivity contribution >= 4 is 11.8 Å². The summed E-state index contributed by atoms with van der Waals surface area (Å²) in [6, 6.07) is 7.56. The smallest absolute Gasteiger partial charge is 0.0992 e. The summed E-state index contributed by atoms with van der Waals surface area (Å²) in [5, 5.41) is 19.2. The van der Waals surface area contributed by atoms with Crippen LogP contribution in [0.5, 0.6) is 0 Å². The van der Waals surface area contributed by atoms with Crippen molar-refractivity contribution in [1.29, 1.82) is 5.26 Å². The van der Waals surface area contributed by atoms with Gasteiger partial charge in [0.2, 0.25) is 0 Å². The molecule has 0 fully saturated rings. The maximum Gasteiger partial charge on any atom is 0.0992 e. The summed E-state index contributed by atoms with van der Waals surface area (Å²) in [6.45, 7) is 0.711. The topological polar surface area (TPSA) is 61.8 Å². The molecule has 1 aliphatic heterocycles. The van der Waals surface area contributed by atoms with E-state index in [-0.39, 0.29) is 5.25 Å². The lowest BCUT2D eigenvalue weighted by atomic mass is 10.1. The monoisotopic (exact) mass is 257 g/mol. The van der Waals surface area contributed by atoms with Gasteiger partial charge in [0.15, 0.2) is 0 Å². The van der Waals surface area contributed by atoms with Crippen LogP contribution in [0.2, 0.25) is 0 Å². The van der Waals surface area contributed by atoms with Crippen molar-refractivity contribution in [3.05, 3.63) is 48.0 Å². The molecule has 0 spiro atoms. The van der Waals surface area contributed by atoms with Gasteiger partial charge < -0.3 is 9.67 Å². The highest BCUT2D eigenvalue weighted by molar-refractivity contribution is 8.00. The number of imidazole rings is 1. The van der Waals surface area contributed by atoms with Crippen molar-refractivity contribution in [2.45, 2.75) is 22.8 Å². The van der Waals surface area contributed by atoms with Gasteiger partial charge in [0.05, 0.1) is 29.3 Å². The zero-order valence-corrected chi connectivity index (χ0v) is 10.3. The summed E-state index contributed by atoms with van der Waals surface area (Å²) in [6.07, 6.45) is 4.88. The third-order valence-electron chi connectivity index (χ3n) is 3.04. The molecule has 2 atom stereocenters. The Morgan fingerprint density at radius 3 is 3.11 bits per heavy atom. The molecule has 2 aromatic rings. The van der Waals surface area contributed by atoms with Crippen LogP contribution in [-0.2, 0) is 6.54 Å². The summed E-state index contributed by atoms with van der Waals surface area (Å²) in [7, 11) is 0. The lowest BCUT2D eigenvalue weighted by molar-refractivity contribution is 0.170. The van der Waals surface area contributed by atoms with E-state index in [0.29, 0.717) is 12.1 Å². The molecule has 0 bridgehead atoms. The average molecular weight is 257 g/mol. The van der Waals surface area contributed by atoms with E-state index >= 15 is 0 Å². The van der Waals surface area contributed by atoms with Crippen molar-refractivity contribution in [2.24, 2.45) is 0 Å². The van der Waals surface area contributed by atoms with Gasteiger partial charge in [-0.05, 0) is 17.7 Å². The average Bonchev–Trinajstić information content (AvgIpc) is 2.99. The van der Waals surface area contributed by atoms with Crippen LogP contribution in [0.3, 0.4) is 0 Å². The second-order valence-corrected chi connectivity index (χ2v) is 5.51. The van der Waals surface area contributed by atoms with E-state index in [9.17, 15) is 5.11 Å². The Morgan fingerprint density at radius 2 is 2.39 bits per heavy atom. The van der Waals surface area contributed by atoms with Crippen molar-refractivity contribution in [2.75, 3.05) is 0 Å². The molecule has 0 amide bonds. The lowest BCUT2D eigenvalue weighted by Crippen LogP contribution is -2.16. The molecule has 18 heavy (non-hydrogen) atoms. The SMILES string of the molecule is N#Cc1ccc2c(c1)SC(Cn1ccnc1)C2O. The quantitative estimate of drug-likeness (QED) is 0.893. The fourth-order valence-electron chi connectivity index (χ4n) is 2.12. The molecular weight excluding hydrogens is 246 g/mol. The summed E-state index contributed by atoms with van der Waals surface area (Å²) >= 11 is 1.62. The number of nitriles is 1. The molecule has 3 rings (SSSR count). The first-order chi connectivity index (χ1) is 8.78. The van der Waals surface area contributed by atoms with Crippen molar-refractivity contribution in [3.8, 4) is 6.07 Å². The number of hydrogen-bond acceptors (Lipinski definition) is 4. The van der Waals surface area contributed by atoms with Gasteiger partial charge in [-0.1, -0.05) is 6.07 Å². The van der Waals surface area contributed by atoms with E-state index in [1.165, 1.54) is 0 Å². The first kappa shape index (κ1) is 11.3. The minimum Gasteiger partial charge on any atom is -0.387 e. The Kier molecular flexibility index (Phi) is 2.82. The van der Waals surface area contributed by atoms with Gasteiger partial charge in [0, 0.05) is 23.8 Å². The fourth-order valence-corrected chi connectivity index (χ4v) is 3.49. The Bertz CT molecular complexity index is 603. The molecule has 1 N–H and O–H groups in total. The van der Waals surface area contributed by atoms with Gasteiger partial charge in [-0.2, -0.15) is 5.26 Å². The van der Waals surface area contributed by atoms with E-state index in [0.717, 1.165) is 10.5 Å². The van der Waals surface area contributed by atoms with Gasteiger partial charge in [-0.3, -0.25) is 0 Å². The number of aliphatic hydroxyl groups excluding tert-OH is 1. The summed E-state index contributed by atoms with van der Waals surface area (Å²) in [5.41, 5.74) is 1.56. The van der Waals surface area contributed by atoms with Gasteiger partial charge >= 0.3 is 0 Å². The molecule has 1 aromatic carbocycles. The predicted molar refractivity (Wildman–Crippen MR) is 68.0 cm³/mol. The number of aromatic nitrogens is 2. The lowest BCUT2D eigenvalue weighted by Gasteiger charge is -2.14. The number of nitrogens with zero attached hydrogens (tertiary/aromatic N) is 3. The minimum atomic E-state index is -0.486. The third kappa shape index (κ3) is 1.90. The first-order valence-corrected chi connectivity index (χ1v) is 6.50. The molecule has 0 radical (unpaired) electrons. The van der Waals surface area contributed by atoms with Crippen LogP contribution < -0.4 is 0 Å². The van der Waals surface area contributed by atoms with Crippen LogP contribution in [0, 0.1) is 11.3 Å². The number of thioether (sulfide) groups is 1. The highest BCUT2D eigenvalue weighted by atomic mass is 32.2. The third-order valence-corrected chi connectivity index (χ3v) is 4.36. The largest absolute Gasteiger partial charge is 0.387 e. The maximum atomic E-state index is 10.3. The molecule has 2 unspecified atom stereocenters. The molecule has 5 heteroatoms. The van der Waals surface area contributed by atoms with Gasteiger partial charge in [0.1, 0.15) is 0 Å². The summed E-state index contributed by atoms with van der Waals surface area (Å²) in [4.78, 5) is 5.00. The first-order valence-electron chi connectivity index (χ1n) is 5.62. The molecule has 1 aromatic heterocycles. The van der Waals surface area contributed by atoms with Crippen LogP contribution >= 0.6 is 11.8 Å². The maximum absolute atomic E-state index is 10.3. The van der Waals surface area contributed by atoms with Crippen molar-refractivity contribution in [1.82, 2.24) is 9.55 Å². The highest BCUT2D eigenvalue weighted by Crippen LogP contribution is 2.44. The van der Waals surface area contributed by atoms with Crippen LogP contribution in [0.25, 0.3) is 0 Å².